The zero-order chi connectivity index (χ0) is 17.2. The number of likely N-dealkylation sites (N-methyl/N-ethyl adjacent to an activating group) is 2. The smallest absolute Gasteiger partial charge is 0.243 e. The molecule has 2 heterocycles. The Bertz CT molecular complexity index is 693. The quantitative estimate of drug-likeness (QED) is 0.640. The number of methoxy groups -OCH3 is 1. The van der Waals surface area contributed by atoms with E-state index in [0.29, 0.717) is 0 Å². The Labute approximate surface area is 134 Å². The number of aliphatic hydroxyl groups is 1. The van der Waals surface area contributed by atoms with E-state index < -0.39 is 24.0 Å². The molecule has 0 aromatic carbocycles. The summed E-state index contributed by atoms with van der Waals surface area (Å²) in [6.07, 6.45) is -1.32. The lowest BCUT2D eigenvalue weighted by molar-refractivity contribution is -0.153. The molecule has 0 aromatic heterocycles. The van der Waals surface area contributed by atoms with E-state index in [9.17, 15) is 19.5 Å². The van der Waals surface area contributed by atoms with Crippen LogP contribution in [0.15, 0.2) is 22.5 Å². The second-order valence-electron chi connectivity index (χ2n) is 6.33. The lowest BCUT2D eigenvalue weighted by Gasteiger charge is -2.53. The average molecular weight is 320 g/mol. The Morgan fingerprint density at radius 2 is 1.65 bits per heavy atom. The Hall–Kier alpha value is -1.99. The molecule has 23 heavy (non-hydrogen) atoms. The number of amides is 1. The minimum Gasteiger partial charge on any atom is -0.492 e. The average Bonchev–Trinajstić information content (AvgIpc) is 2.50. The van der Waals surface area contributed by atoms with Crippen molar-refractivity contribution in [1.29, 1.82) is 0 Å². The van der Waals surface area contributed by atoms with Crippen molar-refractivity contribution < 1.29 is 24.2 Å². The van der Waals surface area contributed by atoms with Crippen LogP contribution in [-0.2, 0) is 19.1 Å². The maximum atomic E-state index is 12.8. The highest BCUT2D eigenvalue weighted by Gasteiger charge is 2.56. The number of rotatable bonds is 1. The number of fused-ring (bicyclic) bond motifs is 3. The fourth-order valence-electron chi connectivity index (χ4n) is 3.94. The molecule has 0 saturated carbocycles. The number of aliphatic hydroxyl groups excluding tert-OH is 1. The summed E-state index contributed by atoms with van der Waals surface area (Å²) in [4.78, 5) is 41.2. The number of hydrogen-bond donors (Lipinski definition) is 1. The molecule has 0 unspecified atom stereocenters. The highest BCUT2D eigenvalue weighted by molar-refractivity contribution is 6.25. The van der Waals surface area contributed by atoms with Crippen molar-refractivity contribution in [2.24, 2.45) is 0 Å². The molecule has 2 bridgehead atoms. The van der Waals surface area contributed by atoms with Crippen LogP contribution in [0.3, 0.4) is 0 Å². The molecule has 124 valence electrons. The number of carbonyl (C=O) groups excluding carboxylic acids is 3. The van der Waals surface area contributed by atoms with Crippen molar-refractivity contribution in [2.45, 2.75) is 38.1 Å². The van der Waals surface area contributed by atoms with E-state index in [2.05, 4.69) is 0 Å². The van der Waals surface area contributed by atoms with E-state index in [0.717, 1.165) is 0 Å². The summed E-state index contributed by atoms with van der Waals surface area (Å²) >= 11 is 0. The molecule has 1 fully saturated rings. The van der Waals surface area contributed by atoms with Gasteiger partial charge in [0.1, 0.15) is 12.1 Å². The van der Waals surface area contributed by atoms with Crippen LogP contribution in [0.4, 0.5) is 0 Å². The lowest BCUT2D eigenvalue weighted by Crippen LogP contribution is -2.71. The zero-order valence-electron chi connectivity index (χ0n) is 13.8. The van der Waals surface area contributed by atoms with Gasteiger partial charge in [-0.25, -0.2) is 0 Å². The highest BCUT2D eigenvalue weighted by Crippen LogP contribution is 2.41. The summed E-state index contributed by atoms with van der Waals surface area (Å²) in [7, 11) is 4.69. The number of Topliss-reactive ketones (excluding diaryl/α,β-unsaturated/α-hetero) is 2. The number of nitrogens with zero attached hydrogens (tertiary/aromatic N) is 2. The first-order valence-corrected chi connectivity index (χ1v) is 7.49. The minimum atomic E-state index is -1.32. The third kappa shape index (κ3) is 1.80. The van der Waals surface area contributed by atoms with E-state index >= 15 is 0 Å². The number of piperazine rings is 1. The van der Waals surface area contributed by atoms with Gasteiger partial charge in [0.25, 0.3) is 0 Å². The summed E-state index contributed by atoms with van der Waals surface area (Å²) in [5, 5.41) is 10.6. The molecule has 2 aliphatic heterocycles. The van der Waals surface area contributed by atoms with Gasteiger partial charge in [-0.2, -0.15) is 0 Å². The van der Waals surface area contributed by atoms with E-state index in [1.54, 1.807) is 19.0 Å². The number of carbonyl (C=O) groups is 3. The maximum absolute atomic E-state index is 12.8. The van der Waals surface area contributed by atoms with Gasteiger partial charge < -0.3 is 14.7 Å². The molecule has 3 aliphatic rings. The van der Waals surface area contributed by atoms with Crippen LogP contribution >= 0.6 is 0 Å². The Morgan fingerprint density at radius 1 is 1.04 bits per heavy atom. The molecule has 7 heteroatoms. The summed E-state index contributed by atoms with van der Waals surface area (Å²) < 4.78 is 5.12. The third-order valence-electron chi connectivity index (χ3n) is 5.31. The van der Waals surface area contributed by atoms with Crippen molar-refractivity contribution in [3.8, 4) is 0 Å². The van der Waals surface area contributed by atoms with Gasteiger partial charge in [0, 0.05) is 29.8 Å². The fourth-order valence-corrected chi connectivity index (χ4v) is 3.94. The van der Waals surface area contributed by atoms with Gasteiger partial charge in [0.05, 0.1) is 13.2 Å². The van der Waals surface area contributed by atoms with Crippen LogP contribution in [0.2, 0.25) is 0 Å². The van der Waals surface area contributed by atoms with Crippen molar-refractivity contribution in [3.63, 3.8) is 0 Å². The number of ketones is 2. The van der Waals surface area contributed by atoms with Gasteiger partial charge in [0.2, 0.25) is 11.7 Å². The van der Waals surface area contributed by atoms with E-state index in [4.69, 9.17) is 4.74 Å². The SMILES string of the molecule is COC1=C(C)C(=O)C2=C(C1=O)[C@@H]1[C@@H](C)N(C)C(=O)[C@H]([C@H]2O)N1C. The normalized spacial score (nSPS) is 35.0. The van der Waals surface area contributed by atoms with Crippen LogP contribution in [0.25, 0.3) is 0 Å². The molecule has 0 radical (unpaired) electrons. The van der Waals surface area contributed by atoms with Crippen molar-refractivity contribution >= 4 is 17.5 Å². The predicted molar refractivity (Wildman–Crippen MR) is 80.3 cm³/mol. The largest absolute Gasteiger partial charge is 0.492 e. The number of allylic oxidation sites excluding steroid dienone is 2. The third-order valence-corrected chi connectivity index (χ3v) is 5.31. The van der Waals surface area contributed by atoms with Gasteiger partial charge in [-0.05, 0) is 20.9 Å². The molecule has 3 rings (SSSR count). The summed E-state index contributed by atoms with van der Waals surface area (Å²) in [5.74, 6) is -1.05. The highest BCUT2D eigenvalue weighted by atomic mass is 16.5. The number of hydrogen-bond acceptors (Lipinski definition) is 6. The predicted octanol–water partition coefficient (Wildman–Crippen LogP) is -0.741. The Kier molecular flexibility index (Phi) is 3.46. The maximum Gasteiger partial charge on any atom is 0.243 e. The molecule has 1 aliphatic carbocycles. The molecule has 4 atom stereocenters. The Morgan fingerprint density at radius 3 is 2.22 bits per heavy atom. The summed E-state index contributed by atoms with van der Waals surface area (Å²) in [5.41, 5.74) is 0.469. The molecule has 1 N–H and O–H groups in total. The van der Waals surface area contributed by atoms with Gasteiger partial charge in [-0.1, -0.05) is 0 Å². The molecule has 1 amide bonds. The van der Waals surface area contributed by atoms with Crippen LogP contribution < -0.4 is 0 Å². The van der Waals surface area contributed by atoms with Gasteiger partial charge in [-0.3, -0.25) is 19.3 Å². The van der Waals surface area contributed by atoms with E-state index in [1.165, 1.54) is 18.9 Å². The molecular formula is C16H20N2O5. The van der Waals surface area contributed by atoms with Crippen LogP contribution in [-0.4, -0.2) is 77.8 Å². The fraction of sp³-hybridized carbons (Fsp3) is 0.562. The molecular weight excluding hydrogens is 300 g/mol. The summed E-state index contributed by atoms with van der Waals surface area (Å²) in [6, 6.07) is -1.60. The second-order valence-corrected chi connectivity index (χ2v) is 6.33. The first-order chi connectivity index (χ1) is 10.7. The molecule has 0 spiro atoms. The first-order valence-electron chi connectivity index (χ1n) is 7.49. The van der Waals surface area contributed by atoms with E-state index in [1.807, 2.05) is 6.92 Å². The van der Waals surface area contributed by atoms with Crippen molar-refractivity contribution in [3.05, 3.63) is 22.5 Å². The standard InChI is InChI=1S/C16H20N2O5/c1-6-12(19)9-8(14(21)15(6)23-5)10-7(2)17(3)16(22)11(13(9)20)18(10)4/h7,10-11,13,20H,1-5H3/t7-,10+,11+,13+/m1/s1. The van der Waals surface area contributed by atoms with Crippen molar-refractivity contribution in [2.75, 3.05) is 21.2 Å². The monoisotopic (exact) mass is 320 g/mol. The van der Waals surface area contributed by atoms with Crippen molar-refractivity contribution in [1.82, 2.24) is 9.80 Å². The second kappa shape index (κ2) is 5.01. The van der Waals surface area contributed by atoms with Gasteiger partial charge in [0.15, 0.2) is 11.5 Å². The van der Waals surface area contributed by atoms with Gasteiger partial charge >= 0.3 is 0 Å². The molecule has 7 nitrogen and oxygen atoms in total. The van der Waals surface area contributed by atoms with Gasteiger partial charge in [-0.15, -0.1) is 0 Å². The summed E-state index contributed by atoms with van der Waals surface area (Å²) in [6.45, 7) is 3.33. The molecule has 1 saturated heterocycles. The lowest BCUT2D eigenvalue weighted by atomic mass is 9.73. The first kappa shape index (κ1) is 15.9. The topological polar surface area (TPSA) is 87.2 Å². The van der Waals surface area contributed by atoms with E-state index in [-0.39, 0.29) is 40.2 Å². The van der Waals surface area contributed by atoms with Crippen LogP contribution in [0.1, 0.15) is 13.8 Å². The molecule has 0 aromatic rings. The minimum absolute atomic E-state index is 0.0135. The van der Waals surface area contributed by atoms with Crippen LogP contribution in [0, 0.1) is 0 Å². The van der Waals surface area contributed by atoms with Crippen LogP contribution in [0.5, 0.6) is 0 Å². The Balaban J connectivity index is 2.25. The number of ether oxygens (including phenoxy) is 1. The zero-order valence-corrected chi connectivity index (χ0v) is 13.8.